The quantitative estimate of drug-likeness (QED) is 0.887. The lowest BCUT2D eigenvalue weighted by Gasteiger charge is -2.14. The van der Waals surface area contributed by atoms with Crippen LogP contribution in [0.3, 0.4) is 0 Å². The third-order valence-electron chi connectivity index (χ3n) is 3.05. The monoisotopic (exact) mass is 347 g/mol. The summed E-state index contributed by atoms with van der Waals surface area (Å²) in [5, 5.41) is 11.9. The minimum Gasteiger partial charge on any atom is -0.478 e. The molecule has 0 heterocycles. The van der Waals surface area contributed by atoms with Crippen LogP contribution in [0.5, 0.6) is 0 Å². The summed E-state index contributed by atoms with van der Waals surface area (Å²) < 4.78 is 0.555. The first kappa shape index (κ1) is 15.3. The lowest BCUT2D eigenvalue weighted by molar-refractivity contribution is 0.0697. The number of carbonyl (C=O) groups is 2. The zero-order valence-electron chi connectivity index (χ0n) is 11.3. The van der Waals surface area contributed by atoms with Crippen molar-refractivity contribution in [2.24, 2.45) is 0 Å². The number of hydrogen-bond donors (Lipinski definition) is 2. The maximum absolute atomic E-state index is 12.2. The van der Waals surface area contributed by atoms with E-state index in [1.807, 2.05) is 37.3 Å². The van der Waals surface area contributed by atoms with Gasteiger partial charge in [-0.2, -0.15) is 0 Å². The number of benzene rings is 2. The highest BCUT2D eigenvalue weighted by Crippen LogP contribution is 2.18. The van der Waals surface area contributed by atoms with Crippen molar-refractivity contribution in [1.82, 2.24) is 5.32 Å². The molecule has 0 saturated heterocycles. The molecule has 2 rings (SSSR count). The van der Waals surface area contributed by atoms with Gasteiger partial charge in [0.2, 0.25) is 0 Å². The van der Waals surface area contributed by atoms with Crippen LogP contribution < -0.4 is 5.32 Å². The molecule has 0 saturated carbocycles. The maximum Gasteiger partial charge on any atom is 0.335 e. The molecule has 108 valence electrons. The predicted molar refractivity (Wildman–Crippen MR) is 83.4 cm³/mol. The Bertz CT molecular complexity index is 670. The van der Waals surface area contributed by atoms with Gasteiger partial charge in [0.15, 0.2) is 0 Å². The van der Waals surface area contributed by atoms with Gasteiger partial charge in [-0.05, 0) is 30.7 Å². The SMILES string of the molecule is C[C@@H](NC(=O)c1cc(Br)cc(C(=O)O)c1)c1ccccc1. The number of halogens is 1. The van der Waals surface area contributed by atoms with E-state index in [4.69, 9.17) is 5.11 Å². The summed E-state index contributed by atoms with van der Waals surface area (Å²) in [6, 6.07) is 13.8. The molecule has 0 aliphatic heterocycles. The first-order valence-electron chi connectivity index (χ1n) is 6.37. The Labute approximate surface area is 130 Å². The van der Waals surface area contributed by atoms with Gasteiger partial charge < -0.3 is 10.4 Å². The average Bonchev–Trinajstić information content (AvgIpc) is 2.47. The third-order valence-corrected chi connectivity index (χ3v) is 3.51. The molecule has 0 aliphatic rings. The summed E-state index contributed by atoms with van der Waals surface area (Å²) in [7, 11) is 0. The summed E-state index contributed by atoms with van der Waals surface area (Å²) in [6.07, 6.45) is 0. The molecule has 2 aromatic rings. The van der Waals surface area contributed by atoms with Crippen molar-refractivity contribution < 1.29 is 14.7 Å². The molecule has 0 spiro atoms. The number of nitrogens with one attached hydrogen (secondary N) is 1. The second-order valence-corrected chi connectivity index (χ2v) is 5.56. The van der Waals surface area contributed by atoms with Crippen LogP contribution in [-0.2, 0) is 0 Å². The molecule has 1 amide bonds. The molecule has 2 N–H and O–H groups in total. The number of carboxylic acid groups (broad SMARTS) is 1. The molecule has 0 radical (unpaired) electrons. The van der Waals surface area contributed by atoms with Gasteiger partial charge in [-0.25, -0.2) is 4.79 Å². The van der Waals surface area contributed by atoms with Crippen molar-refractivity contribution >= 4 is 27.8 Å². The lowest BCUT2D eigenvalue weighted by atomic mass is 10.1. The van der Waals surface area contributed by atoms with E-state index in [2.05, 4.69) is 21.2 Å². The van der Waals surface area contributed by atoms with E-state index >= 15 is 0 Å². The number of aromatic carboxylic acids is 1. The van der Waals surface area contributed by atoms with Gasteiger partial charge in [-0.1, -0.05) is 46.3 Å². The van der Waals surface area contributed by atoms with E-state index in [0.717, 1.165) is 5.56 Å². The number of hydrogen-bond acceptors (Lipinski definition) is 2. The topological polar surface area (TPSA) is 66.4 Å². The van der Waals surface area contributed by atoms with Crippen molar-refractivity contribution in [3.05, 3.63) is 69.7 Å². The minimum atomic E-state index is -1.07. The number of amides is 1. The van der Waals surface area contributed by atoms with Crippen molar-refractivity contribution in [3.8, 4) is 0 Å². The first-order chi connectivity index (χ1) is 9.97. The van der Waals surface area contributed by atoms with Crippen LogP contribution in [-0.4, -0.2) is 17.0 Å². The third kappa shape index (κ3) is 3.92. The summed E-state index contributed by atoms with van der Waals surface area (Å²) in [5.74, 6) is -1.38. The van der Waals surface area contributed by atoms with Gasteiger partial charge >= 0.3 is 5.97 Å². The Morgan fingerprint density at radius 1 is 1.10 bits per heavy atom. The zero-order chi connectivity index (χ0) is 15.4. The van der Waals surface area contributed by atoms with Crippen molar-refractivity contribution in [1.29, 1.82) is 0 Å². The summed E-state index contributed by atoms with van der Waals surface area (Å²) >= 11 is 3.22. The maximum atomic E-state index is 12.2. The lowest BCUT2D eigenvalue weighted by Crippen LogP contribution is -2.26. The number of rotatable bonds is 4. The molecule has 5 heteroatoms. The Morgan fingerprint density at radius 3 is 2.33 bits per heavy atom. The highest BCUT2D eigenvalue weighted by molar-refractivity contribution is 9.10. The molecule has 1 atom stereocenters. The van der Waals surface area contributed by atoms with Gasteiger partial charge in [0.05, 0.1) is 11.6 Å². The predicted octanol–water partition coefficient (Wildman–Crippen LogP) is 3.64. The zero-order valence-corrected chi connectivity index (χ0v) is 12.9. The average molecular weight is 348 g/mol. The molecular formula is C16H14BrNO3. The smallest absolute Gasteiger partial charge is 0.335 e. The van der Waals surface area contributed by atoms with Gasteiger partial charge in [0, 0.05) is 10.0 Å². The van der Waals surface area contributed by atoms with Crippen LogP contribution >= 0.6 is 15.9 Å². The van der Waals surface area contributed by atoms with E-state index in [1.165, 1.54) is 12.1 Å². The molecular weight excluding hydrogens is 334 g/mol. The minimum absolute atomic E-state index is 0.0712. The van der Waals surface area contributed by atoms with E-state index < -0.39 is 5.97 Å². The molecule has 4 nitrogen and oxygen atoms in total. The van der Waals surface area contributed by atoms with Crippen LogP contribution in [0.1, 0.15) is 39.2 Å². The fourth-order valence-corrected chi connectivity index (χ4v) is 2.44. The first-order valence-corrected chi connectivity index (χ1v) is 7.16. The van der Waals surface area contributed by atoms with Crippen LogP contribution in [0.15, 0.2) is 53.0 Å². The second kappa shape index (κ2) is 6.54. The number of carbonyl (C=O) groups excluding carboxylic acids is 1. The summed E-state index contributed by atoms with van der Waals surface area (Å²) in [4.78, 5) is 23.2. The van der Waals surface area contributed by atoms with E-state index in [1.54, 1.807) is 6.07 Å². The van der Waals surface area contributed by atoms with E-state index in [0.29, 0.717) is 10.0 Å². The Hall–Kier alpha value is -2.14. The van der Waals surface area contributed by atoms with Gasteiger partial charge in [-0.3, -0.25) is 4.79 Å². The van der Waals surface area contributed by atoms with Crippen LogP contribution in [0.4, 0.5) is 0 Å². The fraction of sp³-hybridized carbons (Fsp3) is 0.125. The molecule has 0 aliphatic carbocycles. The van der Waals surface area contributed by atoms with Crippen LogP contribution in [0, 0.1) is 0 Å². The van der Waals surface area contributed by atoms with E-state index in [9.17, 15) is 9.59 Å². The number of carboxylic acids is 1. The Kier molecular flexibility index (Phi) is 4.75. The van der Waals surface area contributed by atoms with Gasteiger partial charge in [0.25, 0.3) is 5.91 Å². The fourth-order valence-electron chi connectivity index (χ4n) is 1.95. The van der Waals surface area contributed by atoms with Gasteiger partial charge in [-0.15, -0.1) is 0 Å². The molecule has 0 fully saturated rings. The van der Waals surface area contributed by atoms with Crippen molar-refractivity contribution in [3.63, 3.8) is 0 Å². The largest absolute Gasteiger partial charge is 0.478 e. The summed E-state index contributed by atoms with van der Waals surface area (Å²) in [6.45, 7) is 1.88. The molecule has 0 unspecified atom stereocenters. The highest BCUT2D eigenvalue weighted by Gasteiger charge is 2.14. The van der Waals surface area contributed by atoms with Crippen molar-refractivity contribution in [2.45, 2.75) is 13.0 Å². The highest BCUT2D eigenvalue weighted by atomic mass is 79.9. The second-order valence-electron chi connectivity index (χ2n) is 4.64. The Morgan fingerprint density at radius 2 is 1.71 bits per heavy atom. The normalized spacial score (nSPS) is 11.7. The van der Waals surface area contributed by atoms with Gasteiger partial charge in [0.1, 0.15) is 0 Å². The van der Waals surface area contributed by atoms with Crippen LogP contribution in [0.2, 0.25) is 0 Å². The molecule has 21 heavy (non-hydrogen) atoms. The molecule has 0 bridgehead atoms. The molecule has 2 aromatic carbocycles. The van der Waals surface area contributed by atoms with Crippen molar-refractivity contribution in [2.75, 3.05) is 0 Å². The Balaban J connectivity index is 2.19. The standard InChI is InChI=1S/C16H14BrNO3/c1-10(11-5-3-2-4-6-11)18-15(19)12-7-13(16(20)21)9-14(17)8-12/h2-10H,1H3,(H,18,19)(H,20,21)/t10-/m1/s1. The van der Waals surface area contributed by atoms with E-state index in [-0.39, 0.29) is 17.5 Å². The van der Waals surface area contributed by atoms with Crippen LogP contribution in [0.25, 0.3) is 0 Å². The molecule has 0 aromatic heterocycles. The summed E-state index contributed by atoms with van der Waals surface area (Å²) in [5.41, 5.74) is 1.37.